The summed E-state index contributed by atoms with van der Waals surface area (Å²) in [6.45, 7) is 3.77. The van der Waals surface area contributed by atoms with Gasteiger partial charge in [-0.15, -0.1) is 11.3 Å². The van der Waals surface area contributed by atoms with Gasteiger partial charge in [-0.3, -0.25) is 0 Å². The molecule has 6 heteroatoms. The minimum atomic E-state index is 0.537. The molecule has 3 rings (SSSR count). The Morgan fingerprint density at radius 3 is 2.55 bits per heavy atom. The Kier molecular flexibility index (Phi) is 3.44. The lowest BCUT2D eigenvalue weighted by molar-refractivity contribution is 0.652. The molecule has 5 nitrogen and oxygen atoms in total. The molecule has 0 radical (unpaired) electrons. The van der Waals surface area contributed by atoms with Crippen molar-refractivity contribution in [3.05, 3.63) is 35.3 Å². The number of anilines is 3. The van der Waals surface area contributed by atoms with Crippen LogP contribution in [0.25, 0.3) is 0 Å². The Hall–Kier alpha value is -2.26. The number of piperazine rings is 1. The molecule has 2 heterocycles. The molecule has 102 valence electrons. The Balaban J connectivity index is 1.69. The number of hydrogen-bond acceptors (Lipinski definition) is 6. The van der Waals surface area contributed by atoms with Crippen LogP contribution in [0.1, 0.15) is 5.56 Å². The van der Waals surface area contributed by atoms with E-state index in [1.165, 1.54) is 0 Å². The number of thiazole rings is 1. The van der Waals surface area contributed by atoms with Gasteiger partial charge in [0.05, 0.1) is 11.3 Å². The van der Waals surface area contributed by atoms with Crippen molar-refractivity contribution in [3.63, 3.8) is 0 Å². The second kappa shape index (κ2) is 5.39. The van der Waals surface area contributed by atoms with Gasteiger partial charge >= 0.3 is 0 Å². The van der Waals surface area contributed by atoms with Gasteiger partial charge in [-0.1, -0.05) is 0 Å². The lowest BCUT2D eigenvalue weighted by Gasteiger charge is -2.36. The second-order valence-corrected chi connectivity index (χ2v) is 5.55. The molecule has 1 fully saturated rings. The van der Waals surface area contributed by atoms with Crippen molar-refractivity contribution in [1.82, 2.24) is 4.98 Å². The number of nitrogens with two attached hydrogens (primary N) is 1. The van der Waals surface area contributed by atoms with E-state index < -0.39 is 0 Å². The van der Waals surface area contributed by atoms with Crippen LogP contribution < -0.4 is 15.5 Å². The quantitative estimate of drug-likeness (QED) is 0.854. The Morgan fingerprint density at radius 1 is 1.20 bits per heavy atom. The number of aromatic nitrogens is 1. The lowest BCUT2D eigenvalue weighted by Crippen LogP contribution is -2.46. The first kappa shape index (κ1) is 12.8. The van der Waals surface area contributed by atoms with Crippen molar-refractivity contribution < 1.29 is 0 Å². The molecule has 0 atom stereocenters. The topological polar surface area (TPSA) is 69.2 Å². The fourth-order valence-corrected chi connectivity index (χ4v) is 3.07. The van der Waals surface area contributed by atoms with Crippen molar-refractivity contribution in [1.29, 1.82) is 5.26 Å². The van der Waals surface area contributed by atoms with Crippen LogP contribution in [0.2, 0.25) is 0 Å². The molecule has 1 aromatic carbocycles. The van der Waals surface area contributed by atoms with Crippen LogP contribution in [0.3, 0.4) is 0 Å². The van der Waals surface area contributed by atoms with E-state index in [9.17, 15) is 0 Å². The zero-order valence-electron chi connectivity index (χ0n) is 11.0. The molecule has 0 saturated carbocycles. The van der Waals surface area contributed by atoms with Gasteiger partial charge in [-0.05, 0) is 18.2 Å². The number of nitriles is 1. The highest BCUT2D eigenvalue weighted by Crippen LogP contribution is 2.24. The first-order valence-electron chi connectivity index (χ1n) is 6.47. The average Bonchev–Trinajstić information content (AvgIpc) is 3.01. The highest BCUT2D eigenvalue weighted by molar-refractivity contribution is 7.13. The molecule has 1 saturated heterocycles. The Labute approximate surface area is 121 Å². The van der Waals surface area contributed by atoms with E-state index in [0.717, 1.165) is 37.0 Å². The summed E-state index contributed by atoms with van der Waals surface area (Å²) < 4.78 is 0. The zero-order valence-corrected chi connectivity index (χ0v) is 11.8. The van der Waals surface area contributed by atoms with E-state index in [1.807, 2.05) is 23.7 Å². The third-order valence-corrected chi connectivity index (χ3v) is 4.32. The predicted molar refractivity (Wildman–Crippen MR) is 82.1 cm³/mol. The standard InChI is InChI=1S/C14H15N5S/c15-10-11-1-2-12(9-13(11)16)18-4-6-19(7-5-18)14-17-3-8-20-14/h1-3,8-9H,4-7,16H2. The van der Waals surface area contributed by atoms with Crippen LogP contribution >= 0.6 is 11.3 Å². The molecule has 20 heavy (non-hydrogen) atoms. The molecule has 0 unspecified atom stereocenters. The Bertz CT molecular complexity index is 624. The van der Waals surface area contributed by atoms with Gasteiger partial charge in [0.2, 0.25) is 0 Å². The summed E-state index contributed by atoms with van der Waals surface area (Å²) in [6.07, 6.45) is 1.84. The molecular weight excluding hydrogens is 270 g/mol. The third kappa shape index (κ3) is 2.40. The molecule has 1 aromatic heterocycles. The van der Waals surface area contributed by atoms with Gasteiger partial charge in [0.25, 0.3) is 0 Å². The molecular formula is C14H15N5S. The van der Waals surface area contributed by atoms with Crippen LogP contribution in [0.4, 0.5) is 16.5 Å². The summed E-state index contributed by atoms with van der Waals surface area (Å²) in [4.78, 5) is 8.94. The van der Waals surface area contributed by atoms with E-state index in [-0.39, 0.29) is 0 Å². The number of nitrogen functional groups attached to an aromatic ring is 1. The molecule has 0 bridgehead atoms. The van der Waals surface area contributed by atoms with Crippen LogP contribution in [0.5, 0.6) is 0 Å². The summed E-state index contributed by atoms with van der Waals surface area (Å²) in [5.41, 5.74) is 8.04. The molecule has 2 N–H and O–H groups in total. The van der Waals surface area contributed by atoms with E-state index >= 15 is 0 Å². The molecule has 2 aromatic rings. The number of hydrogen-bond donors (Lipinski definition) is 1. The summed E-state index contributed by atoms with van der Waals surface area (Å²) >= 11 is 1.67. The number of benzene rings is 1. The van der Waals surface area contributed by atoms with Crippen LogP contribution in [-0.2, 0) is 0 Å². The predicted octanol–water partition coefficient (Wildman–Crippen LogP) is 1.92. The van der Waals surface area contributed by atoms with Crippen molar-refractivity contribution in [2.75, 3.05) is 41.7 Å². The molecule has 0 amide bonds. The normalized spacial score (nSPS) is 15.2. The van der Waals surface area contributed by atoms with Crippen molar-refractivity contribution in [2.24, 2.45) is 0 Å². The maximum atomic E-state index is 8.90. The largest absolute Gasteiger partial charge is 0.398 e. The van der Waals surface area contributed by atoms with E-state index in [0.29, 0.717) is 11.3 Å². The Morgan fingerprint density at radius 2 is 1.95 bits per heavy atom. The van der Waals surface area contributed by atoms with E-state index in [2.05, 4.69) is 20.9 Å². The van der Waals surface area contributed by atoms with Gasteiger partial charge in [0.15, 0.2) is 5.13 Å². The number of rotatable bonds is 2. The van der Waals surface area contributed by atoms with Gasteiger partial charge in [0.1, 0.15) is 6.07 Å². The van der Waals surface area contributed by atoms with Gasteiger partial charge in [-0.2, -0.15) is 5.26 Å². The molecule has 0 spiro atoms. The molecule has 0 aliphatic carbocycles. The van der Waals surface area contributed by atoms with Gasteiger partial charge in [0, 0.05) is 43.4 Å². The SMILES string of the molecule is N#Cc1ccc(N2CCN(c3nccs3)CC2)cc1N. The van der Waals surface area contributed by atoms with Crippen molar-refractivity contribution in [3.8, 4) is 6.07 Å². The van der Waals surface area contributed by atoms with Crippen molar-refractivity contribution >= 4 is 27.8 Å². The highest BCUT2D eigenvalue weighted by atomic mass is 32.1. The maximum Gasteiger partial charge on any atom is 0.185 e. The van der Waals surface area contributed by atoms with Gasteiger partial charge in [-0.25, -0.2) is 4.98 Å². The fraction of sp³-hybridized carbons (Fsp3) is 0.286. The smallest absolute Gasteiger partial charge is 0.185 e. The minimum absolute atomic E-state index is 0.537. The monoisotopic (exact) mass is 285 g/mol. The minimum Gasteiger partial charge on any atom is -0.398 e. The first-order valence-corrected chi connectivity index (χ1v) is 7.35. The summed E-state index contributed by atoms with van der Waals surface area (Å²) in [7, 11) is 0. The molecule has 1 aliphatic heterocycles. The van der Waals surface area contributed by atoms with E-state index in [1.54, 1.807) is 17.4 Å². The zero-order chi connectivity index (χ0) is 13.9. The maximum absolute atomic E-state index is 8.90. The third-order valence-electron chi connectivity index (χ3n) is 3.49. The van der Waals surface area contributed by atoms with Crippen LogP contribution in [-0.4, -0.2) is 31.2 Å². The number of nitrogens with zero attached hydrogens (tertiary/aromatic N) is 4. The summed E-state index contributed by atoms with van der Waals surface area (Å²) in [6, 6.07) is 7.73. The van der Waals surface area contributed by atoms with Crippen LogP contribution in [0.15, 0.2) is 29.8 Å². The summed E-state index contributed by atoms with van der Waals surface area (Å²) in [5.74, 6) is 0. The molecule has 1 aliphatic rings. The van der Waals surface area contributed by atoms with E-state index in [4.69, 9.17) is 11.0 Å². The highest BCUT2D eigenvalue weighted by Gasteiger charge is 2.19. The fourth-order valence-electron chi connectivity index (χ4n) is 2.38. The average molecular weight is 285 g/mol. The first-order chi connectivity index (χ1) is 9.78. The second-order valence-electron chi connectivity index (χ2n) is 4.67. The van der Waals surface area contributed by atoms with Crippen molar-refractivity contribution in [2.45, 2.75) is 0 Å². The van der Waals surface area contributed by atoms with Gasteiger partial charge < -0.3 is 15.5 Å². The van der Waals surface area contributed by atoms with Crippen LogP contribution in [0, 0.1) is 11.3 Å². The lowest BCUT2D eigenvalue weighted by atomic mass is 10.1. The summed E-state index contributed by atoms with van der Waals surface area (Å²) in [5, 5.41) is 12.0.